The predicted molar refractivity (Wildman–Crippen MR) is 87.8 cm³/mol. The van der Waals surface area contributed by atoms with E-state index in [0.717, 1.165) is 17.4 Å². The molecule has 0 saturated heterocycles. The van der Waals surface area contributed by atoms with Crippen molar-refractivity contribution in [1.82, 2.24) is 9.55 Å². The van der Waals surface area contributed by atoms with Crippen molar-refractivity contribution in [1.29, 1.82) is 0 Å². The molecule has 0 spiro atoms. The summed E-state index contributed by atoms with van der Waals surface area (Å²) in [5.74, 6) is 0.349. The SMILES string of the molecule is O=C(Nc1ccc(-c2nc3ccccc3n2C(F)F)cc1)C1CC1. The molecule has 1 aliphatic rings. The van der Waals surface area contributed by atoms with Gasteiger partial charge in [-0.05, 0) is 49.2 Å². The average Bonchev–Trinajstić information content (AvgIpc) is 3.35. The third kappa shape index (κ3) is 2.64. The number of nitrogens with zero attached hydrogens (tertiary/aromatic N) is 2. The van der Waals surface area contributed by atoms with E-state index in [1.165, 1.54) is 0 Å². The largest absolute Gasteiger partial charge is 0.326 e. The number of aromatic nitrogens is 2. The molecule has 1 fully saturated rings. The number of imidazole rings is 1. The first-order valence-electron chi connectivity index (χ1n) is 7.80. The molecule has 1 saturated carbocycles. The maximum Gasteiger partial charge on any atom is 0.320 e. The number of amides is 1. The van der Waals surface area contributed by atoms with Crippen molar-refractivity contribution >= 4 is 22.6 Å². The van der Waals surface area contributed by atoms with E-state index in [1.807, 2.05) is 0 Å². The van der Waals surface area contributed by atoms with Crippen molar-refractivity contribution < 1.29 is 13.6 Å². The van der Waals surface area contributed by atoms with Crippen molar-refractivity contribution in [2.24, 2.45) is 5.92 Å². The van der Waals surface area contributed by atoms with E-state index < -0.39 is 6.55 Å². The molecule has 2 aromatic carbocycles. The number of benzene rings is 2. The maximum atomic E-state index is 13.5. The Morgan fingerprint density at radius 2 is 1.83 bits per heavy atom. The quantitative estimate of drug-likeness (QED) is 0.770. The number of hydrogen-bond donors (Lipinski definition) is 1. The lowest BCUT2D eigenvalue weighted by Crippen LogP contribution is -2.13. The normalized spacial score (nSPS) is 14.3. The van der Waals surface area contributed by atoms with E-state index in [0.29, 0.717) is 22.3 Å². The Bertz CT molecular complexity index is 898. The molecular formula is C18H15F2N3O. The molecule has 122 valence electrons. The van der Waals surface area contributed by atoms with Crippen LogP contribution in [0.3, 0.4) is 0 Å². The Kier molecular flexibility index (Phi) is 3.52. The Balaban J connectivity index is 1.69. The van der Waals surface area contributed by atoms with Gasteiger partial charge in [-0.2, -0.15) is 8.78 Å². The molecule has 1 aromatic heterocycles. The number of carbonyl (C=O) groups is 1. The molecule has 6 heteroatoms. The van der Waals surface area contributed by atoms with Gasteiger partial charge >= 0.3 is 6.55 Å². The zero-order valence-corrected chi connectivity index (χ0v) is 12.7. The first-order valence-corrected chi connectivity index (χ1v) is 7.80. The van der Waals surface area contributed by atoms with Gasteiger partial charge in [0.05, 0.1) is 11.0 Å². The minimum absolute atomic E-state index is 0.0163. The van der Waals surface area contributed by atoms with Gasteiger partial charge in [-0.3, -0.25) is 9.36 Å². The highest BCUT2D eigenvalue weighted by atomic mass is 19.3. The van der Waals surface area contributed by atoms with Crippen LogP contribution in [0.4, 0.5) is 14.5 Å². The summed E-state index contributed by atoms with van der Waals surface area (Å²) in [6.45, 7) is -2.68. The van der Waals surface area contributed by atoms with Crippen LogP contribution in [0.2, 0.25) is 0 Å². The summed E-state index contributed by atoms with van der Waals surface area (Å²) in [6, 6.07) is 13.6. The number of halogens is 2. The topological polar surface area (TPSA) is 46.9 Å². The van der Waals surface area contributed by atoms with E-state index in [-0.39, 0.29) is 17.6 Å². The van der Waals surface area contributed by atoms with Gasteiger partial charge in [-0.15, -0.1) is 0 Å². The second-order valence-corrected chi connectivity index (χ2v) is 5.91. The summed E-state index contributed by atoms with van der Waals surface area (Å²) < 4.78 is 27.9. The minimum atomic E-state index is -2.68. The van der Waals surface area contributed by atoms with E-state index >= 15 is 0 Å². The van der Waals surface area contributed by atoms with Gasteiger partial charge in [0, 0.05) is 17.2 Å². The lowest BCUT2D eigenvalue weighted by Gasteiger charge is -2.09. The van der Waals surface area contributed by atoms with Gasteiger partial charge in [-0.25, -0.2) is 4.98 Å². The van der Waals surface area contributed by atoms with Crippen LogP contribution in [0.5, 0.6) is 0 Å². The number of para-hydroxylation sites is 2. The Hall–Kier alpha value is -2.76. The van der Waals surface area contributed by atoms with Crippen LogP contribution in [0.15, 0.2) is 48.5 Å². The highest BCUT2D eigenvalue weighted by molar-refractivity contribution is 5.94. The third-order valence-electron chi connectivity index (χ3n) is 4.15. The number of rotatable bonds is 4. The lowest BCUT2D eigenvalue weighted by molar-refractivity contribution is -0.117. The van der Waals surface area contributed by atoms with E-state index in [1.54, 1.807) is 48.5 Å². The summed E-state index contributed by atoms with van der Waals surface area (Å²) in [7, 11) is 0. The van der Waals surface area contributed by atoms with E-state index in [9.17, 15) is 13.6 Å². The molecule has 0 unspecified atom stereocenters. The molecular weight excluding hydrogens is 312 g/mol. The molecule has 1 amide bonds. The number of nitrogens with one attached hydrogen (secondary N) is 1. The Morgan fingerprint density at radius 1 is 1.12 bits per heavy atom. The Labute approximate surface area is 137 Å². The predicted octanol–water partition coefficient (Wildman–Crippen LogP) is 4.45. The molecule has 0 atom stereocenters. The number of anilines is 1. The molecule has 1 N–H and O–H groups in total. The average molecular weight is 327 g/mol. The lowest BCUT2D eigenvalue weighted by atomic mass is 10.2. The summed E-state index contributed by atoms with van der Waals surface area (Å²) in [5.41, 5.74) is 2.17. The fourth-order valence-electron chi connectivity index (χ4n) is 2.74. The van der Waals surface area contributed by atoms with Gasteiger partial charge < -0.3 is 5.32 Å². The van der Waals surface area contributed by atoms with Crippen molar-refractivity contribution in [3.63, 3.8) is 0 Å². The van der Waals surface area contributed by atoms with Crippen molar-refractivity contribution in [2.45, 2.75) is 19.4 Å². The number of carbonyl (C=O) groups excluding carboxylic acids is 1. The monoisotopic (exact) mass is 327 g/mol. The van der Waals surface area contributed by atoms with E-state index in [4.69, 9.17) is 0 Å². The highest BCUT2D eigenvalue weighted by Crippen LogP contribution is 2.32. The Morgan fingerprint density at radius 3 is 2.50 bits per heavy atom. The molecule has 0 bridgehead atoms. The fourth-order valence-corrected chi connectivity index (χ4v) is 2.74. The van der Waals surface area contributed by atoms with Gasteiger partial charge in [-0.1, -0.05) is 12.1 Å². The van der Waals surface area contributed by atoms with Crippen LogP contribution in [0.25, 0.3) is 22.4 Å². The molecule has 0 radical (unpaired) electrons. The van der Waals surface area contributed by atoms with Gasteiger partial charge in [0.15, 0.2) is 0 Å². The standard InChI is InChI=1S/C18H15F2N3O/c19-18(20)23-15-4-2-1-3-14(15)22-16(23)11-7-9-13(10-8-11)21-17(24)12-5-6-12/h1-4,7-10,12,18H,5-6H2,(H,21,24). The second-order valence-electron chi connectivity index (χ2n) is 5.91. The molecule has 4 rings (SSSR count). The molecule has 0 aliphatic heterocycles. The van der Waals surface area contributed by atoms with Gasteiger partial charge in [0.25, 0.3) is 0 Å². The zero-order chi connectivity index (χ0) is 16.7. The van der Waals surface area contributed by atoms with Crippen LogP contribution >= 0.6 is 0 Å². The van der Waals surface area contributed by atoms with E-state index in [2.05, 4.69) is 10.3 Å². The zero-order valence-electron chi connectivity index (χ0n) is 12.7. The summed E-state index contributed by atoms with van der Waals surface area (Å²) >= 11 is 0. The third-order valence-corrected chi connectivity index (χ3v) is 4.15. The van der Waals surface area contributed by atoms with Crippen molar-refractivity contribution in [2.75, 3.05) is 5.32 Å². The summed E-state index contributed by atoms with van der Waals surface area (Å²) in [4.78, 5) is 16.1. The molecule has 1 aliphatic carbocycles. The first kappa shape index (κ1) is 14.8. The molecule has 3 aromatic rings. The number of fused-ring (bicyclic) bond motifs is 1. The smallest absolute Gasteiger partial charge is 0.320 e. The second kappa shape index (κ2) is 5.70. The highest BCUT2D eigenvalue weighted by Gasteiger charge is 2.29. The first-order chi connectivity index (χ1) is 11.6. The van der Waals surface area contributed by atoms with Crippen LogP contribution in [0.1, 0.15) is 19.4 Å². The summed E-state index contributed by atoms with van der Waals surface area (Å²) in [6.07, 6.45) is 1.87. The molecule has 24 heavy (non-hydrogen) atoms. The van der Waals surface area contributed by atoms with Crippen LogP contribution in [0, 0.1) is 5.92 Å². The van der Waals surface area contributed by atoms with Gasteiger partial charge in [0.2, 0.25) is 5.91 Å². The number of alkyl halides is 2. The number of hydrogen-bond acceptors (Lipinski definition) is 2. The van der Waals surface area contributed by atoms with Crippen LogP contribution in [-0.4, -0.2) is 15.5 Å². The molecule has 4 nitrogen and oxygen atoms in total. The minimum Gasteiger partial charge on any atom is -0.326 e. The van der Waals surface area contributed by atoms with Crippen molar-refractivity contribution in [3.05, 3.63) is 48.5 Å². The van der Waals surface area contributed by atoms with Crippen molar-refractivity contribution in [3.8, 4) is 11.4 Å². The maximum absolute atomic E-state index is 13.5. The van der Waals surface area contributed by atoms with Gasteiger partial charge in [0.1, 0.15) is 5.82 Å². The fraction of sp³-hybridized carbons (Fsp3) is 0.222. The van der Waals surface area contributed by atoms with Crippen LogP contribution in [-0.2, 0) is 4.79 Å². The molecule has 1 heterocycles. The summed E-state index contributed by atoms with van der Waals surface area (Å²) in [5, 5.41) is 2.83. The van der Waals surface area contributed by atoms with Crippen LogP contribution < -0.4 is 5.32 Å².